The molecular formula is C13H13ClFN3O. The minimum Gasteiger partial charge on any atom is -0.395 e. The predicted molar refractivity (Wildman–Crippen MR) is 71.6 cm³/mol. The standard InChI is InChI=1S/C13H13ClFN3O/c14-11-3-1-2-10(6-11)9-18(4-5-19)13-16-7-12(15)8-17-13/h1-3,6-8,19H,4-5,9H2. The van der Waals surface area contributed by atoms with Gasteiger partial charge in [0.1, 0.15) is 0 Å². The molecule has 0 fully saturated rings. The number of rotatable bonds is 5. The fourth-order valence-electron chi connectivity index (χ4n) is 1.69. The molecule has 2 aromatic rings. The second-order valence-electron chi connectivity index (χ2n) is 3.98. The minimum absolute atomic E-state index is 0.0404. The first-order chi connectivity index (χ1) is 9.19. The molecule has 0 unspecified atom stereocenters. The molecule has 6 heteroatoms. The third-order valence-electron chi connectivity index (χ3n) is 2.52. The minimum atomic E-state index is -0.490. The zero-order chi connectivity index (χ0) is 13.7. The molecule has 0 amide bonds. The van der Waals surface area contributed by atoms with Crippen LogP contribution in [0.15, 0.2) is 36.7 Å². The molecule has 1 N–H and O–H groups in total. The van der Waals surface area contributed by atoms with E-state index in [2.05, 4.69) is 9.97 Å². The first-order valence-electron chi connectivity index (χ1n) is 5.77. The van der Waals surface area contributed by atoms with E-state index in [-0.39, 0.29) is 6.61 Å². The number of hydrogen-bond donors (Lipinski definition) is 1. The number of nitrogens with zero attached hydrogens (tertiary/aromatic N) is 3. The molecule has 0 aliphatic rings. The highest BCUT2D eigenvalue weighted by atomic mass is 35.5. The number of aromatic nitrogens is 2. The van der Waals surface area contributed by atoms with Gasteiger partial charge in [0.2, 0.25) is 5.95 Å². The van der Waals surface area contributed by atoms with E-state index in [1.807, 2.05) is 18.2 Å². The third-order valence-corrected chi connectivity index (χ3v) is 2.76. The van der Waals surface area contributed by atoms with Crippen LogP contribution >= 0.6 is 11.6 Å². The third kappa shape index (κ3) is 3.87. The number of benzene rings is 1. The van der Waals surface area contributed by atoms with Crippen molar-refractivity contribution in [2.45, 2.75) is 6.54 Å². The lowest BCUT2D eigenvalue weighted by Gasteiger charge is -2.21. The highest BCUT2D eigenvalue weighted by Gasteiger charge is 2.10. The van der Waals surface area contributed by atoms with Gasteiger partial charge in [0, 0.05) is 18.1 Å². The van der Waals surface area contributed by atoms with Crippen molar-refractivity contribution >= 4 is 17.5 Å². The Morgan fingerprint density at radius 3 is 2.63 bits per heavy atom. The van der Waals surface area contributed by atoms with Crippen LogP contribution in [0, 0.1) is 5.82 Å². The molecule has 1 aromatic carbocycles. The van der Waals surface area contributed by atoms with Gasteiger partial charge in [-0.05, 0) is 17.7 Å². The molecule has 4 nitrogen and oxygen atoms in total. The monoisotopic (exact) mass is 281 g/mol. The summed E-state index contributed by atoms with van der Waals surface area (Å²) < 4.78 is 12.8. The zero-order valence-electron chi connectivity index (χ0n) is 10.1. The van der Waals surface area contributed by atoms with Crippen LogP contribution in [0.3, 0.4) is 0 Å². The molecule has 0 bridgehead atoms. The van der Waals surface area contributed by atoms with E-state index < -0.39 is 5.82 Å². The van der Waals surface area contributed by atoms with Gasteiger partial charge in [-0.1, -0.05) is 23.7 Å². The second kappa shape index (κ2) is 6.45. The maximum atomic E-state index is 12.8. The predicted octanol–water partition coefficient (Wildman–Crippen LogP) is 2.27. The Labute approximate surface area is 115 Å². The topological polar surface area (TPSA) is 49.2 Å². The van der Waals surface area contributed by atoms with Crippen LogP contribution in [0.2, 0.25) is 5.02 Å². The lowest BCUT2D eigenvalue weighted by molar-refractivity contribution is 0.300. The molecule has 19 heavy (non-hydrogen) atoms. The number of hydrogen-bond acceptors (Lipinski definition) is 4. The largest absolute Gasteiger partial charge is 0.395 e. The number of aliphatic hydroxyl groups is 1. The van der Waals surface area contributed by atoms with E-state index in [0.29, 0.717) is 24.1 Å². The lowest BCUT2D eigenvalue weighted by Crippen LogP contribution is -2.27. The van der Waals surface area contributed by atoms with Gasteiger partial charge in [-0.2, -0.15) is 0 Å². The van der Waals surface area contributed by atoms with Crippen LogP contribution in [0.25, 0.3) is 0 Å². The summed E-state index contributed by atoms with van der Waals surface area (Å²) in [6.07, 6.45) is 2.20. The summed E-state index contributed by atoms with van der Waals surface area (Å²) in [5.41, 5.74) is 0.967. The van der Waals surface area contributed by atoms with Crippen LogP contribution < -0.4 is 4.90 Å². The normalized spacial score (nSPS) is 10.5. The highest BCUT2D eigenvalue weighted by Crippen LogP contribution is 2.15. The van der Waals surface area contributed by atoms with E-state index in [1.165, 1.54) is 0 Å². The SMILES string of the molecule is OCCN(Cc1cccc(Cl)c1)c1ncc(F)cn1. The summed E-state index contributed by atoms with van der Waals surface area (Å²) in [6.45, 7) is 0.812. The summed E-state index contributed by atoms with van der Waals surface area (Å²) in [7, 11) is 0. The lowest BCUT2D eigenvalue weighted by atomic mass is 10.2. The Hall–Kier alpha value is -1.72. The van der Waals surface area contributed by atoms with Crippen LogP contribution in [-0.2, 0) is 6.54 Å². The van der Waals surface area contributed by atoms with Gasteiger partial charge in [0.15, 0.2) is 5.82 Å². The average Bonchev–Trinajstić information content (AvgIpc) is 2.39. The average molecular weight is 282 g/mol. The molecule has 0 spiro atoms. The van der Waals surface area contributed by atoms with Crippen LogP contribution in [0.5, 0.6) is 0 Å². The first-order valence-corrected chi connectivity index (χ1v) is 6.14. The Morgan fingerprint density at radius 1 is 1.26 bits per heavy atom. The van der Waals surface area contributed by atoms with Gasteiger partial charge < -0.3 is 10.0 Å². The number of halogens is 2. The van der Waals surface area contributed by atoms with Crippen molar-refractivity contribution < 1.29 is 9.50 Å². The molecule has 0 aliphatic heterocycles. The highest BCUT2D eigenvalue weighted by molar-refractivity contribution is 6.30. The van der Waals surface area contributed by atoms with Crippen LogP contribution in [0.4, 0.5) is 10.3 Å². The molecule has 0 atom stereocenters. The van der Waals surface area contributed by atoms with E-state index in [9.17, 15) is 4.39 Å². The second-order valence-corrected chi connectivity index (χ2v) is 4.41. The molecule has 1 heterocycles. The number of aliphatic hydroxyl groups excluding tert-OH is 1. The van der Waals surface area contributed by atoms with E-state index in [4.69, 9.17) is 16.7 Å². The Morgan fingerprint density at radius 2 is 2.00 bits per heavy atom. The van der Waals surface area contributed by atoms with Gasteiger partial charge in [0.05, 0.1) is 19.0 Å². The first kappa shape index (κ1) is 13.7. The van der Waals surface area contributed by atoms with Gasteiger partial charge >= 0.3 is 0 Å². The zero-order valence-corrected chi connectivity index (χ0v) is 10.9. The maximum Gasteiger partial charge on any atom is 0.225 e. The van der Waals surface area contributed by atoms with Crippen molar-refractivity contribution in [2.24, 2.45) is 0 Å². The van der Waals surface area contributed by atoms with Crippen molar-refractivity contribution in [1.29, 1.82) is 0 Å². The van der Waals surface area contributed by atoms with Gasteiger partial charge in [0.25, 0.3) is 0 Å². The van der Waals surface area contributed by atoms with Gasteiger partial charge in [-0.3, -0.25) is 0 Å². The van der Waals surface area contributed by atoms with Crippen molar-refractivity contribution in [3.8, 4) is 0 Å². The summed E-state index contributed by atoms with van der Waals surface area (Å²) in [5, 5.41) is 9.73. The Kier molecular flexibility index (Phi) is 4.65. The van der Waals surface area contributed by atoms with Gasteiger partial charge in [-0.25, -0.2) is 14.4 Å². The maximum absolute atomic E-state index is 12.8. The van der Waals surface area contributed by atoms with Crippen molar-refractivity contribution in [1.82, 2.24) is 9.97 Å². The smallest absolute Gasteiger partial charge is 0.225 e. The Balaban J connectivity index is 2.18. The molecular weight excluding hydrogens is 269 g/mol. The molecule has 1 aromatic heterocycles. The quantitative estimate of drug-likeness (QED) is 0.913. The van der Waals surface area contributed by atoms with Crippen molar-refractivity contribution in [2.75, 3.05) is 18.1 Å². The molecule has 0 saturated heterocycles. The summed E-state index contributed by atoms with van der Waals surface area (Å²) in [4.78, 5) is 9.58. The van der Waals surface area contributed by atoms with Crippen molar-refractivity contribution in [3.63, 3.8) is 0 Å². The molecule has 0 aliphatic carbocycles. The molecule has 100 valence electrons. The van der Waals surface area contributed by atoms with Crippen LogP contribution in [-0.4, -0.2) is 28.2 Å². The van der Waals surface area contributed by atoms with E-state index >= 15 is 0 Å². The molecule has 0 radical (unpaired) electrons. The van der Waals surface area contributed by atoms with E-state index in [1.54, 1.807) is 11.0 Å². The van der Waals surface area contributed by atoms with Gasteiger partial charge in [-0.15, -0.1) is 0 Å². The van der Waals surface area contributed by atoms with Crippen molar-refractivity contribution in [3.05, 3.63) is 53.1 Å². The fraction of sp³-hybridized carbons (Fsp3) is 0.231. The molecule has 2 rings (SSSR count). The van der Waals surface area contributed by atoms with E-state index in [0.717, 1.165) is 18.0 Å². The fourth-order valence-corrected chi connectivity index (χ4v) is 1.91. The Bertz CT molecular complexity index is 536. The summed E-state index contributed by atoms with van der Waals surface area (Å²) in [6, 6.07) is 7.38. The summed E-state index contributed by atoms with van der Waals surface area (Å²) >= 11 is 5.92. The molecule has 0 saturated carbocycles. The number of anilines is 1. The van der Waals surface area contributed by atoms with Crippen LogP contribution in [0.1, 0.15) is 5.56 Å². The summed E-state index contributed by atoms with van der Waals surface area (Å²) in [5.74, 6) is -0.120.